The first kappa shape index (κ1) is 14.9. The number of hydrogen-bond acceptors (Lipinski definition) is 3. The van der Waals surface area contributed by atoms with E-state index in [4.69, 9.17) is 4.74 Å². The van der Waals surface area contributed by atoms with Gasteiger partial charge in [0, 0.05) is 31.8 Å². The Bertz CT molecular complexity index is 141. The van der Waals surface area contributed by atoms with Crippen molar-refractivity contribution >= 4 is 0 Å². The van der Waals surface area contributed by atoms with Gasteiger partial charge in [-0.3, -0.25) is 0 Å². The van der Waals surface area contributed by atoms with Crippen LogP contribution in [-0.2, 0) is 4.74 Å². The zero-order valence-electron chi connectivity index (χ0n) is 11.0. The van der Waals surface area contributed by atoms with Crippen molar-refractivity contribution in [2.24, 2.45) is 5.92 Å². The summed E-state index contributed by atoms with van der Waals surface area (Å²) in [6.45, 7) is 15.5. The van der Waals surface area contributed by atoms with E-state index in [1.165, 1.54) is 0 Å². The molecule has 3 heteroatoms. The van der Waals surface area contributed by atoms with Gasteiger partial charge in [0.25, 0.3) is 0 Å². The Morgan fingerprint density at radius 1 is 1.07 bits per heavy atom. The number of rotatable bonds is 8. The summed E-state index contributed by atoms with van der Waals surface area (Å²) in [6.07, 6.45) is 0. The average molecular weight is 216 g/mol. The van der Waals surface area contributed by atoms with E-state index in [1.807, 2.05) is 0 Å². The first-order valence-electron chi connectivity index (χ1n) is 5.95. The highest BCUT2D eigenvalue weighted by Gasteiger charge is 2.06. The summed E-state index contributed by atoms with van der Waals surface area (Å²) in [7, 11) is 0. The molecule has 0 aliphatic heterocycles. The van der Waals surface area contributed by atoms with Gasteiger partial charge in [0.15, 0.2) is 0 Å². The zero-order chi connectivity index (χ0) is 11.7. The van der Waals surface area contributed by atoms with Gasteiger partial charge in [-0.05, 0) is 26.7 Å². The third-order valence-corrected chi connectivity index (χ3v) is 1.83. The molecule has 0 spiro atoms. The van der Waals surface area contributed by atoms with E-state index in [1.54, 1.807) is 0 Å². The van der Waals surface area contributed by atoms with Crippen LogP contribution in [0, 0.1) is 5.92 Å². The van der Waals surface area contributed by atoms with E-state index in [0.717, 1.165) is 32.8 Å². The van der Waals surface area contributed by atoms with Gasteiger partial charge in [0.1, 0.15) is 0 Å². The predicted molar refractivity (Wildman–Crippen MR) is 66.3 cm³/mol. The Kier molecular flexibility index (Phi) is 8.02. The molecule has 0 aliphatic rings. The maximum Gasteiger partial charge on any atom is 0.0591 e. The molecule has 0 aromatic carbocycles. The van der Waals surface area contributed by atoms with Gasteiger partial charge in [0.05, 0.1) is 6.61 Å². The van der Waals surface area contributed by atoms with Crippen LogP contribution in [0.3, 0.4) is 0 Å². The summed E-state index contributed by atoms with van der Waals surface area (Å²) in [4.78, 5) is 0. The van der Waals surface area contributed by atoms with Crippen molar-refractivity contribution in [1.29, 1.82) is 0 Å². The van der Waals surface area contributed by atoms with Gasteiger partial charge in [0.2, 0.25) is 0 Å². The Balaban J connectivity index is 3.06. The number of ether oxygens (including phenoxy) is 1. The highest BCUT2D eigenvalue weighted by atomic mass is 16.5. The molecule has 0 rings (SSSR count). The molecule has 2 N–H and O–H groups in total. The average Bonchev–Trinajstić information content (AvgIpc) is 2.07. The molecular formula is C12H28N2O. The van der Waals surface area contributed by atoms with Crippen LogP contribution in [0.5, 0.6) is 0 Å². The van der Waals surface area contributed by atoms with Crippen LogP contribution in [0.2, 0.25) is 0 Å². The summed E-state index contributed by atoms with van der Waals surface area (Å²) in [5.74, 6) is 0.632. The van der Waals surface area contributed by atoms with E-state index >= 15 is 0 Å². The van der Waals surface area contributed by atoms with Crippen LogP contribution in [0.1, 0.15) is 34.6 Å². The quantitative estimate of drug-likeness (QED) is 0.605. The fourth-order valence-electron chi connectivity index (χ4n) is 1.11. The van der Waals surface area contributed by atoms with Crippen molar-refractivity contribution in [3.8, 4) is 0 Å². The summed E-state index contributed by atoms with van der Waals surface area (Å²) in [5, 5.41) is 6.77. The van der Waals surface area contributed by atoms with Gasteiger partial charge >= 0.3 is 0 Å². The van der Waals surface area contributed by atoms with Crippen molar-refractivity contribution in [2.75, 3.05) is 32.8 Å². The van der Waals surface area contributed by atoms with Crippen molar-refractivity contribution in [2.45, 2.75) is 40.2 Å². The standard InChI is InChI=1S/C12H28N2O/c1-11(2)10-15-9-8-13-6-7-14-12(3,4)5/h11,13-14H,6-10H2,1-5H3. The first-order valence-corrected chi connectivity index (χ1v) is 5.95. The monoisotopic (exact) mass is 216 g/mol. The predicted octanol–water partition coefficient (Wildman–Crippen LogP) is 1.64. The van der Waals surface area contributed by atoms with E-state index in [2.05, 4.69) is 45.3 Å². The summed E-state index contributed by atoms with van der Waals surface area (Å²) in [5.41, 5.74) is 0.218. The lowest BCUT2D eigenvalue weighted by molar-refractivity contribution is 0.112. The minimum Gasteiger partial charge on any atom is -0.380 e. The van der Waals surface area contributed by atoms with Crippen LogP contribution in [0.4, 0.5) is 0 Å². The fraction of sp³-hybridized carbons (Fsp3) is 1.00. The third-order valence-electron chi connectivity index (χ3n) is 1.83. The summed E-state index contributed by atoms with van der Waals surface area (Å²) in [6, 6.07) is 0. The van der Waals surface area contributed by atoms with Crippen LogP contribution in [0.15, 0.2) is 0 Å². The minimum absolute atomic E-state index is 0.218. The molecule has 0 radical (unpaired) electrons. The topological polar surface area (TPSA) is 33.3 Å². The lowest BCUT2D eigenvalue weighted by Gasteiger charge is -2.20. The lowest BCUT2D eigenvalue weighted by Crippen LogP contribution is -2.40. The number of hydrogen-bond donors (Lipinski definition) is 2. The van der Waals surface area contributed by atoms with Gasteiger partial charge in [-0.25, -0.2) is 0 Å². The second-order valence-corrected chi connectivity index (χ2v) is 5.40. The Morgan fingerprint density at radius 2 is 1.73 bits per heavy atom. The molecule has 0 bridgehead atoms. The van der Waals surface area contributed by atoms with E-state index in [9.17, 15) is 0 Å². The second-order valence-electron chi connectivity index (χ2n) is 5.40. The zero-order valence-corrected chi connectivity index (χ0v) is 11.0. The lowest BCUT2D eigenvalue weighted by atomic mass is 10.1. The molecule has 0 aromatic heterocycles. The highest BCUT2D eigenvalue weighted by Crippen LogP contribution is 1.96. The Labute approximate surface area is 95.0 Å². The minimum atomic E-state index is 0.218. The Morgan fingerprint density at radius 3 is 2.27 bits per heavy atom. The maximum atomic E-state index is 5.46. The van der Waals surface area contributed by atoms with Gasteiger partial charge < -0.3 is 15.4 Å². The molecule has 0 heterocycles. The largest absolute Gasteiger partial charge is 0.380 e. The fourth-order valence-corrected chi connectivity index (χ4v) is 1.11. The normalized spacial score (nSPS) is 12.4. The molecule has 0 aromatic rings. The molecule has 0 amide bonds. The van der Waals surface area contributed by atoms with Crippen LogP contribution in [-0.4, -0.2) is 38.4 Å². The molecule has 0 saturated carbocycles. The Hall–Kier alpha value is -0.120. The van der Waals surface area contributed by atoms with Crippen molar-refractivity contribution in [3.63, 3.8) is 0 Å². The molecular weight excluding hydrogens is 188 g/mol. The molecule has 0 fully saturated rings. The molecule has 15 heavy (non-hydrogen) atoms. The highest BCUT2D eigenvalue weighted by molar-refractivity contribution is 4.70. The molecule has 92 valence electrons. The van der Waals surface area contributed by atoms with Crippen LogP contribution < -0.4 is 10.6 Å². The SMILES string of the molecule is CC(C)COCCNCCNC(C)(C)C. The van der Waals surface area contributed by atoms with Crippen molar-refractivity contribution in [1.82, 2.24) is 10.6 Å². The van der Waals surface area contributed by atoms with Gasteiger partial charge in [-0.15, -0.1) is 0 Å². The summed E-state index contributed by atoms with van der Waals surface area (Å²) < 4.78 is 5.46. The molecule has 3 nitrogen and oxygen atoms in total. The molecule has 0 unspecified atom stereocenters. The van der Waals surface area contributed by atoms with Gasteiger partial charge in [-0.1, -0.05) is 13.8 Å². The van der Waals surface area contributed by atoms with Crippen LogP contribution in [0.25, 0.3) is 0 Å². The maximum absolute atomic E-state index is 5.46. The first-order chi connectivity index (χ1) is 6.92. The van der Waals surface area contributed by atoms with E-state index in [-0.39, 0.29) is 5.54 Å². The molecule has 0 aliphatic carbocycles. The third kappa shape index (κ3) is 13.9. The van der Waals surface area contributed by atoms with Crippen molar-refractivity contribution in [3.05, 3.63) is 0 Å². The number of nitrogens with one attached hydrogen (secondary N) is 2. The van der Waals surface area contributed by atoms with E-state index < -0.39 is 0 Å². The van der Waals surface area contributed by atoms with E-state index in [0.29, 0.717) is 5.92 Å². The van der Waals surface area contributed by atoms with Gasteiger partial charge in [-0.2, -0.15) is 0 Å². The molecule has 0 saturated heterocycles. The van der Waals surface area contributed by atoms with Crippen molar-refractivity contribution < 1.29 is 4.74 Å². The smallest absolute Gasteiger partial charge is 0.0591 e. The second kappa shape index (κ2) is 8.08. The van der Waals surface area contributed by atoms with Crippen LogP contribution >= 0.6 is 0 Å². The molecule has 0 atom stereocenters. The summed E-state index contributed by atoms with van der Waals surface area (Å²) >= 11 is 0.